The molecule has 0 saturated carbocycles. The van der Waals surface area contributed by atoms with E-state index < -0.39 is 0 Å². The van der Waals surface area contributed by atoms with Gasteiger partial charge in [0.25, 0.3) is 5.91 Å². The second-order valence-electron chi connectivity index (χ2n) is 6.19. The number of thiazole rings is 2. The Morgan fingerprint density at radius 3 is 2.78 bits per heavy atom. The molecule has 0 atom stereocenters. The molecule has 27 heavy (non-hydrogen) atoms. The normalized spacial score (nSPS) is 14.3. The fourth-order valence-electron chi connectivity index (χ4n) is 2.85. The number of hydrogen-bond acceptors (Lipinski definition) is 7. The van der Waals surface area contributed by atoms with Crippen LogP contribution < -0.4 is 10.2 Å². The Bertz CT molecular complexity index is 917. The van der Waals surface area contributed by atoms with Crippen LogP contribution in [0.3, 0.4) is 0 Å². The third-order valence-corrected chi connectivity index (χ3v) is 6.36. The van der Waals surface area contributed by atoms with Gasteiger partial charge in [0.1, 0.15) is 9.88 Å². The van der Waals surface area contributed by atoms with Crippen LogP contribution in [0.4, 0.5) is 5.13 Å². The number of ether oxygens (including phenoxy) is 1. The first-order chi connectivity index (χ1) is 13.2. The van der Waals surface area contributed by atoms with Crippen LogP contribution in [-0.2, 0) is 11.3 Å². The topological polar surface area (TPSA) is 67.4 Å². The van der Waals surface area contributed by atoms with Crippen LogP contribution in [0.5, 0.6) is 0 Å². The van der Waals surface area contributed by atoms with Crippen molar-refractivity contribution in [2.45, 2.75) is 13.5 Å². The number of nitrogens with zero attached hydrogens (tertiary/aromatic N) is 3. The quantitative estimate of drug-likeness (QED) is 0.711. The molecule has 140 valence electrons. The highest BCUT2D eigenvalue weighted by molar-refractivity contribution is 7.17. The molecule has 1 saturated heterocycles. The Hall–Kier alpha value is -2.29. The fourth-order valence-corrected chi connectivity index (χ4v) is 4.63. The Morgan fingerprint density at radius 1 is 1.22 bits per heavy atom. The third-order valence-electron chi connectivity index (χ3n) is 4.29. The number of hydrogen-bond donors (Lipinski definition) is 1. The average molecular weight is 401 g/mol. The van der Waals surface area contributed by atoms with Crippen molar-refractivity contribution in [3.63, 3.8) is 0 Å². The van der Waals surface area contributed by atoms with Gasteiger partial charge in [-0.2, -0.15) is 0 Å². The zero-order chi connectivity index (χ0) is 18.6. The lowest BCUT2D eigenvalue weighted by Gasteiger charge is -2.25. The number of morpholine rings is 1. The summed E-state index contributed by atoms with van der Waals surface area (Å²) in [5, 5.41) is 6.77. The summed E-state index contributed by atoms with van der Waals surface area (Å²) < 4.78 is 5.38. The van der Waals surface area contributed by atoms with Gasteiger partial charge in [-0.15, -0.1) is 11.3 Å². The van der Waals surface area contributed by atoms with E-state index in [1.165, 1.54) is 11.3 Å². The Kier molecular flexibility index (Phi) is 5.47. The van der Waals surface area contributed by atoms with Crippen molar-refractivity contribution in [2.24, 2.45) is 0 Å². The second-order valence-corrected chi connectivity index (χ2v) is 8.11. The van der Waals surface area contributed by atoms with Gasteiger partial charge >= 0.3 is 0 Å². The molecule has 6 nitrogen and oxygen atoms in total. The Morgan fingerprint density at radius 2 is 2.00 bits per heavy atom. The predicted octanol–water partition coefficient (Wildman–Crippen LogP) is 3.34. The number of carbonyl (C=O) groups excluding carboxylic acids is 1. The predicted molar refractivity (Wildman–Crippen MR) is 109 cm³/mol. The van der Waals surface area contributed by atoms with E-state index in [1.807, 2.05) is 42.6 Å². The third kappa shape index (κ3) is 4.18. The van der Waals surface area contributed by atoms with Gasteiger partial charge in [0.05, 0.1) is 31.1 Å². The molecule has 1 fully saturated rings. The number of carbonyl (C=O) groups is 1. The van der Waals surface area contributed by atoms with Crippen molar-refractivity contribution in [2.75, 3.05) is 31.2 Å². The number of aromatic nitrogens is 2. The highest BCUT2D eigenvalue weighted by Crippen LogP contribution is 2.27. The molecular weight excluding hydrogens is 380 g/mol. The first-order valence-corrected chi connectivity index (χ1v) is 10.5. The van der Waals surface area contributed by atoms with Crippen molar-refractivity contribution in [3.8, 4) is 11.3 Å². The standard InChI is InChI=1S/C19H20N4O2S2/c1-13-17(27-19(21-13)23-7-9-25-10-8-23)18(24)20-11-16-22-15(12-26-16)14-5-3-2-4-6-14/h2-6,12H,7-11H2,1H3,(H,20,24). The van der Waals surface area contributed by atoms with E-state index in [1.54, 1.807) is 11.3 Å². The minimum atomic E-state index is -0.0963. The first kappa shape index (κ1) is 18.1. The molecule has 8 heteroatoms. The maximum Gasteiger partial charge on any atom is 0.263 e. The number of anilines is 1. The maximum atomic E-state index is 12.6. The van der Waals surface area contributed by atoms with E-state index in [4.69, 9.17) is 4.74 Å². The van der Waals surface area contributed by atoms with Crippen LogP contribution in [0.1, 0.15) is 20.4 Å². The molecule has 1 aliphatic rings. The van der Waals surface area contributed by atoms with E-state index in [0.717, 1.165) is 40.2 Å². The lowest BCUT2D eigenvalue weighted by Crippen LogP contribution is -2.36. The SMILES string of the molecule is Cc1nc(N2CCOCC2)sc1C(=O)NCc1nc(-c2ccccc2)cs1. The lowest BCUT2D eigenvalue weighted by molar-refractivity contribution is 0.0954. The fraction of sp³-hybridized carbons (Fsp3) is 0.316. The molecule has 1 N–H and O–H groups in total. The van der Waals surface area contributed by atoms with Crippen LogP contribution in [0.15, 0.2) is 35.7 Å². The monoisotopic (exact) mass is 400 g/mol. The molecule has 0 spiro atoms. The van der Waals surface area contributed by atoms with Crippen LogP contribution in [0.2, 0.25) is 0 Å². The second kappa shape index (κ2) is 8.16. The summed E-state index contributed by atoms with van der Waals surface area (Å²) in [5.74, 6) is -0.0963. The van der Waals surface area contributed by atoms with Gasteiger partial charge in [-0.1, -0.05) is 41.7 Å². The van der Waals surface area contributed by atoms with Gasteiger partial charge in [0.15, 0.2) is 5.13 Å². The van der Waals surface area contributed by atoms with Crippen molar-refractivity contribution < 1.29 is 9.53 Å². The summed E-state index contributed by atoms with van der Waals surface area (Å²) >= 11 is 3.00. The Labute approximate surface area is 165 Å². The van der Waals surface area contributed by atoms with E-state index in [9.17, 15) is 4.79 Å². The van der Waals surface area contributed by atoms with E-state index in [0.29, 0.717) is 24.6 Å². The van der Waals surface area contributed by atoms with Crippen molar-refractivity contribution in [1.29, 1.82) is 0 Å². The number of rotatable bonds is 5. The van der Waals surface area contributed by atoms with E-state index in [-0.39, 0.29) is 5.91 Å². The van der Waals surface area contributed by atoms with Crippen LogP contribution in [-0.4, -0.2) is 42.2 Å². The maximum absolute atomic E-state index is 12.6. The number of aryl methyl sites for hydroxylation is 1. The molecule has 3 aromatic rings. The molecule has 1 amide bonds. The largest absolute Gasteiger partial charge is 0.378 e. The van der Waals surface area contributed by atoms with E-state index >= 15 is 0 Å². The average Bonchev–Trinajstić information content (AvgIpc) is 3.34. The Balaban J connectivity index is 1.40. The molecule has 1 aliphatic heterocycles. The number of nitrogens with one attached hydrogen (secondary N) is 1. The molecular formula is C19H20N4O2S2. The molecule has 0 radical (unpaired) electrons. The molecule has 0 unspecified atom stereocenters. The summed E-state index contributed by atoms with van der Waals surface area (Å²) in [7, 11) is 0. The van der Waals surface area contributed by atoms with Gasteiger partial charge in [-0.3, -0.25) is 4.79 Å². The van der Waals surface area contributed by atoms with Crippen LogP contribution >= 0.6 is 22.7 Å². The van der Waals surface area contributed by atoms with Crippen LogP contribution in [0, 0.1) is 6.92 Å². The smallest absolute Gasteiger partial charge is 0.263 e. The van der Waals surface area contributed by atoms with Gasteiger partial charge in [0.2, 0.25) is 0 Å². The summed E-state index contributed by atoms with van der Waals surface area (Å²) in [6.07, 6.45) is 0. The van der Waals surface area contributed by atoms with E-state index in [2.05, 4.69) is 20.2 Å². The minimum Gasteiger partial charge on any atom is -0.378 e. The molecule has 3 heterocycles. The summed E-state index contributed by atoms with van der Waals surface area (Å²) in [6, 6.07) is 10.0. The van der Waals surface area contributed by atoms with Crippen molar-refractivity contribution in [1.82, 2.24) is 15.3 Å². The molecule has 4 rings (SSSR count). The number of benzene rings is 1. The molecule has 0 aliphatic carbocycles. The highest BCUT2D eigenvalue weighted by Gasteiger charge is 2.20. The van der Waals surface area contributed by atoms with Gasteiger partial charge in [0, 0.05) is 24.0 Å². The zero-order valence-corrected chi connectivity index (χ0v) is 16.6. The summed E-state index contributed by atoms with van der Waals surface area (Å²) in [5.41, 5.74) is 2.79. The van der Waals surface area contributed by atoms with Gasteiger partial charge < -0.3 is 15.0 Å². The summed E-state index contributed by atoms with van der Waals surface area (Å²) in [6.45, 7) is 5.33. The molecule has 1 aromatic carbocycles. The van der Waals surface area contributed by atoms with Crippen molar-refractivity contribution >= 4 is 33.7 Å². The van der Waals surface area contributed by atoms with Crippen LogP contribution in [0.25, 0.3) is 11.3 Å². The highest BCUT2D eigenvalue weighted by atomic mass is 32.1. The summed E-state index contributed by atoms with van der Waals surface area (Å²) in [4.78, 5) is 24.6. The molecule has 2 aromatic heterocycles. The minimum absolute atomic E-state index is 0.0963. The molecule has 0 bridgehead atoms. The first-order valence-electron chi connectivity index (χ1n) is 8.79. The number of amides is 1. The lowest BCUT2D eigenvalue weighted by atomic mass is 10.2. The van der Waals surface area contributed by atoms with Gasteiger partial charge in [-0.05, 0) is 6.92 Å². The zero-order valence-electron chi connectivity index (χ0n) is 15.0. The van der Waals surface area contributed by atoms with Gasteiger partial charge in [-0.25, -0.2) is 9.97 Å². The van der Waals surface area contributed by atoms with Crippen molar-refractivity contribution in [3.05, 3.63) is 51.3 Å².